The van der Waals surface area contributed by atoms with Gasteiger partial charge < -0.3 is 5.32 Å². The summed E-state index contributed by atoms with van der Waals surface area (Å²) in [5.74, 6) is 2.98. The van der Waals surface area contributed by atoms with Gasteiger partial charge in [-0.3, -0.25) is 0 Å². The van der Waals surface area contributed by atoms with Crippen LogP contribution in [0.4, 0.5) is 0 Å². The van der Waals surface area contributed by atoms with Gasteiger partial charge in [-0.2, -0.15) is 0 Å². The van der Waals surface area contributed by atoms with E-state index in [2.05, 4.69) is 19.2 Å². The Bertz CT molecular complexity index is 206. The minimum absolute atomic E-state index is 0.763. The molecule has 0 radical (unpaired) electrons. The SMILES string of the molecule is CC1CCCC(CCNC(C)C2CCCC2)C1. The quantitative estimate of drug-likeness (QED) is 0.748. The Morgan fingerprint density at radius 1 is 1.06 bits per heavy atom. The third kappa shape index (κ3) is 4.28. The van der Waals surface area contributed by atoms with Crippen molar-refractivity contribution in [3.05, 3.63) is 0 Å². The highest BCUT2D eigenvalue weighted by Crippen LogP contribution is 2.31. The molecule has 2 saturated carbocycles. The van der Waals surface area contributed by atoms with Gasteiger partial charge in [-0.1, -0.05) is 39.0 Å². The van der Waals surface area contributed by atoms with Gasteiger partial charge in [0.1, 0.15) is 0 Å². The first-order chi connectivity index (χ1) is 8.25. The molecule has 0 heterocycles. The molecule has 1 nitrogen and oxygen atoms in total. The van der Waals surface area contributed by atoms with Gasteiger partial charge in [0.2, 0.25) is 0 Å². The maximum absolute atomic E-state index is 3.79. The highest BCUT2D eigenvalue weighted by Gasteiger charge is 2.22. The second-order valence-corrected chi connectivity index (χ2v) is 6.71. The Labute approximate surface area is 108 Å². The molecular formula is C16H31N. The monoisotopic (exact) mass is 237 g/mol. The summed E-state index contributed by atoms with van der Waals surface area (Å²) in [4.78, 5) is 0. The standard InChI is InChI=1S/C16H31N/c1-13-6-5-7-15(12-13)10-11-17-14(2)16-8-3-4-9-16/h13-17H,3-12H2,1-2H3. The molecule has 3 unspecified atom stereocenters. The Balaban J connectivity index is 1.58. The van der Waals surface area contributed by atoms with Gasteiger partial charge in [0.25, 0.3) is 0 Å². The average molecular weight is 237 g/mol. The molecule has 2 rings (SSSR count). The lowest BCUT2D eigenvalue weighted by Crippen LogP contribution is -2.34. The predicted molar refractivity (Wildman–Crippen MR) is 75.2 cm³/mol. The lowest BCUT2D eigenvalue weighted by Gasteiger charge is -2.28. The van der Waals surface area contributed by atoms with Crippen LogP contribution in [0, 0.1) is 17.8 Å². The molecule has 2 fully saturated rings. The fourth-order valence-electron chi connectivity index (χ4n) is 3.96. The third-order valence-corrected chi connectivity index (χ3v) is 5.17. The largest absolute Gasteiger partial charge is 0.314 e. The molecular weight excluding hydrogens is 206 g/mol. The maximum Gasteiger partial charge on any atom is 0.00669 e. The molecule has 17 heavy (non-hydrogen) atoms. The Hall–Kier alpha value is -0.0400. The van der Waals surface area contributed by atoms with E-state index in [9.17, 15) is 0 Å². The van der Waals surface area contributed by atoms with Crippen molar-refractivity contribution in [2.75, 3.05) is 6.54 Å². The number of hydrogen-bond acceptors (Lipinski definition) is 1. The fourth-order valence-corrected chi connectivity index (χ4v) is 3.96. The van der Waals surface area contributed by atoms with Gasteiger partial charge >= 0.3 is 0 Å². The highest BCUT2D eigenvalue weighted by molar-refractivity contribution is 4.78. The summed E-state index contributed by atoms with van der Waals surface area (Å²) >= 11 is 0. The van der Waals surface area contributed by atoms with E-state index in [1.807, 2.05) is 0 Å². The molecule has 1 N–H and O–H groups in total. The van der Waals surface area contributed by atoms with E-state index in [0.717, 1.165) is 23.8 Å². The first kappa shape index (κ1) is 13.4. The van der Waals surface area contributed by atoms with E-state index in [0.29, 0.717) is 0 Å². The van der Waals surface area contributed by atoms with Gasteiger partial charge in [-0.05, 0) is 56.9 Å². The fraction of sp³-hybridized carbons (Fsp3) is 1.00. The zero-order chi connectivity index (χ0) is 12.1. The molecule has 2 aliphatic rings. The van der Waals surface area contributed by atoms with E-state index < -0.39 is 0 Å². The molecule has 0 aromatic carbocycles. The summed E-state index contributed by atoms with van der Waals surface area (Å²) in [6, 6.07) is 0.763. The molecule has 0 amide bonds. The molecule has 2 aliphatic carbocycles. The first-order valence-corrected chi connectivity index (χ1v) is 7.99. The lowest BCUT2D eigenvalue weighted by atomic mass is 9.81. The third-order valence-electron chi connectivity index (χ3n) is 5.17. The van der Waals surface area contributed by atoms with E-state index >= 15 is 0 Å². The Kier molecular flexibility index (Phi) is 5.34. The van der Waals surface area contributed by atoms with Gasteiger partial charge in [0, 0.05) is 6.04 Å². The minimum Gasteiger partial charge on any atom is -0.314 e. The molecule has 0 aromatic heterocycles. The zero-order valence-electron chi connectivity index (χ0n) is 11.9. The lowest BCUT2D eigenvalue weighted by molar-refractivity contribution is 0.260. The summed E-state index contributed by atoms with van der Waals surface area (Å²) in [5.41, 5.74) is 0. The molecule has 0 spiro atoms. The van der Waals surface area contributed by atoms with Crippen LogP contribution >= 0.6 is 0 Å². The van der Waals surface area contributed by atoms with E-state index in [-0.39, 0.29) is 0 Å². The minimum atomic E-state index is 0.763. The average Bonchev–Trinajstić information content (AvgIpc) is 2.82. The van der Waals surface area contributed by atoms with Gasteiger partial charge in [-0.25, -0.2) is 0 Å². The second-order valence-electron chi connectivity index (χ2n) is 6.71. The zero-order valence-corrected chi connectivity index (χ0v) is 11.9. The van der Waals surface area contributed by atoms with Crippen molar-refractivity contribution in [2.24, 2.45) is 17.8 Å². The van der Waals surface area contributed by atoms with Crippen molar-refractivity contribution in [1.82, 2.24) is 5.32 Å². The summed E-state index contributed by atoms with van der Waals surface area (Å²) in [6.07, 6.45) is 13.2. The molecule has 100 valence electrons. The van der Waals surface area contributed by atoms with Crippen LogP contribution in [0.5, 0.6) is 0 Å². The smallest absolute Gasteiger partial charge is 0.00669 e. The van der Waals surface area contributed by atoms with Crippen LogP contribution in [-0.2, 0) is 0 Å². The van der Waals surface area contributed by atoms with Crippen LogP contribution in [0.3, 0.4) is 0 Å². The van der Waals surface area contributed by atoms with Crippen molar-refractivity contribution in [2.45, 2.75) is 77.7 Å². The summed E-state index contributed by atoms with van der Waals surface area (Å²) in [7, 11) is 0. The van der Waals surface area contributed by atoms with Crippen LogP contribution < -0.4 is 5.32 Å². The second kappa shape index (κ2) is 6.78. The number of hydrogen-bond donors (Lipinski definition) is 1. The maximum atomic E-state index is 3.79. The highest BCUT2D eigenvalue weighted by atomic mass is 14.9. The summed E-state index contributed by atoms with van der Waals surface area (Å²) < 4.78 is 0. The van der Waals surface area contributed by atoms with Gasteiger partial charge in [-0.15, -0.1) is 0 Å². The van der Waals surface area contributed by atoms with Gasteiger partial charge in [0.15, 0.2) is 0 Å². The molecule has 3 atom stereocenters. The van der Waals surface area contributed by atoms with E-state index in [4.69, 9.17) is 0 Å². The van der Waals surface area contributed by atoms with E-state index in [1.54, 1.807) is 0 Å². The van der Waals surface area contributed by atoms with E-state index in [1.165, 1.54) is 64.3 Å². The summed E-state index contributed by atoms with van der Waals surface area (Å²) in [6.45, 7) is 6.09. The van der Waals surface area contributed by atoms with Crippen molar-refractivity contribution >= 4 is 0 Å². The Morgan fingerprint density at radius 3 is 2.53 bits per heavy atom. The normalized spacial score (nSPS) is 32.8. The molecule has 1 heteroatoms. The number of nitrogens with one attached hydrogen (secondary N) is 1. The van der Waals surface area contributed by atoms with Crippen LogP contribution in [0.15, 0.2) is 0 Å². The van der Waals surface area contributed by atoms with Crippen LogP contribution in [0.1, 0.15) is 71.6 Å². The van der Waals surface area contributed by atoms with Crippen molar-refractivity contribution in [3.8, 4) is 0 Å². The predicted octanol–water partition coefficient (Wildman–Crippen LogP) is 4.37. The van der Waals surface area contributed by atoms with Gasteiger partial charge in [0.05, 0.1) is 0 Å². The van der Waals surface area contributed by atoms with Crippen molar-refractivity contribution in [1.29, 1.82) is 0 Å². The Morgan fingerprint density at radius 2 is 1.82 bits per heavy atom. The van der Waals surface area contributed by atoms with Crippen molar-refractivity contribution in [3.63, 3.8) is 0 Å². The molecule has 0 aliphatic heterocycles. The van der Waals surface area contributed by atoms with Crippen LogP contribution in [-0.4, -0.2) is 12.6 Å². The molecule has 0 saturated heterocycles. The molecule has 0 bridgehead atoms. The topological polar surface area (TPSA) is 12.0 Å². The summed E-state index contributed by atoms with van der Waals surface area (Å²) in [5, 5.41) is 3.79. The van der Waals surface area contributed by atoms with Crippen LogP contribution in [0.25, 0.3) is 0 Å². The first-order valence-electron chi connectivity index (χ1n) is 7.99. The molecule has 0 aromatic rings. The number of rotatable bonds is 5. The van der Waals surface area contributed by atoms with Crippen molar-refractivity contribution < 1.29 is 0 Å². The van der Waals surface area contributed by atoms with Crippen LogP contribution in [0.2, 0.25) is 0 Å².